The average molecular weight is 421 g/mol. The molecule has 162 valence electrons. The molecule has 0 radical (unpaired) electrons. The lowest BCUT2D eigenvalue weighted by Crippen LogP contribution is -2.37. The van der Waals surface area contributed by atoms with E-state index in [2.05, 4.69) is 15.6 Å². The van der Waals surface area contributed by atoms with Crippen LogP contribution in [0.3, 0.4) is 0 Å². The lowest BCUT2D eigenvalue weighted by Gasteiger charge is -2.17. The van der Waals surface area contributed by atoms with Gasteiger partial charge in [-0.15, -0.1) is 0 Å². The smallest absolute Gasteiger partial charge is 0.272 e. The Balaban J connectivity index is 2.10. The van der Waals surface area contributed by atoms with Crippen molar-refractivity contribution in [2.24, 2.45) is 0 Å². The number of amides is 2. The van der Waals surface area contributed by atoms with Crippen molar-refractivity contribution < 1.29 is 28.2 Å². The van der Waals surface area contributed by atoms with Crippen LogP contribution in [0.2, 0.25) is 0 Å². The fourth-order valence-corrected chi connectivity index (χ4v) is 2.57. The largest absolute Gasteiger partial charge is 0.487 e. The summed E-state index contributed by atoms with van der Waals surface area (Å²) in [5.41, 5.74) is 0.561. The molecule has 30 heavy (non-hydrogen) atoms. The highest BCUT2D eigenvalue weighted by molar-refractivity contribution is 5.98. The van der Waals surface area contributed by atoms with Crippen molar-refractivity contribution in [3.05, 3.63) is 52.7 Å². The van der Waals surface area contributed by atoms with Crippen LogP contribution < -0.4 is 15.4 Å². The SMILES string of the molecule is Cc1cc(C(=O)NCc2cccc(OCC(F)F)c2C)cc(NC(=O)C(C)(C)O)n1. The Labute approximate surface area is 173 Å². The molecule has 2 amide bonds. The Bertz CT molecular complexity index is 927. The molecule has 0 unspecified atom stereocenters. The number of benzene rings is 1. The van der Waals surface area contributed by atoms with Crippen molar-refractivity contribution in [2.75, 3.05) is 11.9 Å². The third kappa shape index (κ3) is 6.48. The number of aromatic nitrogens is 1. The number of hydrogen-bond donors (Lipinski definition) is 3. The zero-order chi connectivity index (χ0) is 22.5. The fourth-order valence-electron chi connectivity index (χ4n) is 2.57. The van der Waals surface area contributed by atoms with E-state index < -0.39 is 30.4 Å². The van der Waals surface area contributed by atoms with Gasteiger partial charge in [-0.05, 0) is 57.0 Å². The maximum Gasteiger partial charge on any atom is 0.272 e. The predicted molar refractivity (Wildman–Crippen MR) is 108 cm³/mol. The van der Waals surface area contributed by atoms with Gasteiger partial charge < -0.3 is 20.5 Å². The summed E-state index contributed by atoms with van der Waals surface area (Å²) in [6, 6.07) is 7.98. The van der Waals surface area contributed by atoms with Gasteiger partial charge in [0.2, 0.25) is 0 Å². The van der Waals surface area contributed by atoms with E-state index in [0.29, 0.717) is 17.0 Å². The first-order valence-electron chi connectivity index (χ1n) is 9.27. The molecule has 1 aromatic carbocycles. The summed E-state index contributed by atoms with van der Waals surface area (Å²) < 4.78 is 29.8. The molecule has 0 aliphatic carbocycles. The summed E-state index contributed by atoms with van der Waals surface area (Å²) in [6.07, 6.45) is -2.58. The highest BCUT2D eigenvalue weighted by Gasteiger charge is 2.24. The number of anilines is 1. The zero-order valence-corrected chi connectivity index (χ0v) is 17.3. The normalized spacial score (nSPS) is 11.3. The average Bonchev–Trinajstić information content (AvgIpc) is 2.64. The Morgan fingerprint density at radius 3 is 2.57 bits per heavy atom. The standard InChI is InChI=1S/C21H25F2N3O4/c1-12-8-15(9-18(25-12)26-20(28)21(3,4)29)19(27)24-10-14-6-5-7-16(13(14)2)30-11-17(22)23/h5-9,17,29H,10-11H2,1-4H3,(H,24,27)(H,25,26,28). The summed E-state index contributed by atoms with van der Waals surface area (Å²) in [7, 11) is 0. The van der Waals surface area contributed by atoms with E-state index in [0.717, 1.165) is 5.56 Å². The number of aliphatic hydroxyl groups is 1. The number of aryl methyl sites for hydroxylation is 1. The van der Waals surface area contributed by atoms with Crippen LogP contribution >= 0.6 is 0 Å². The quantitative estimate of drug-likeness (QED) is 0.608. The molecule has 9 heteroatoms. The minimum Gasteiger partial charge on any atom is -0.487 e. The van der Waals surface area contributed by atoms with Gasteiger partial charge in [0.25, 0.3) is 18.2 Å². The molecule has 0 saturated carbocycles. The summed E-state index contributed by atoms with van der Waals surface area (Å²) in [5.74, 6) is -0.579. The molecule has 1 heterocycles. The minimum absolute atomic E-state index is 0.144. The summed E-state index contributed by atoms with van der Waals surface area (Å²) in [6.45, 7) is 5.53. The lowest BCUT2D eigenvalue weighted by molar-refractivity contribution is -0.130. The molecule has 0 atom stereocenters. The summed E-state index contributed by atoms with van der Waals surface area (Å²) in [5, 5.41) is 15.0. The van der Waals surface area contributed by atoms with Gasteiger partial charge >= 0.3 is 0 Å². The van der Waals surface area contributed by atoms with Crippen LogP contribution in [-0.4, -0.2) is 40.5 Å². The Morgan fingerprint density at radius 2 is 1.93 bits per heavy atom. The van der Waals surface area contributed by atoms with E-state index in [9.17, 15) is 23.5 Å². The zero-order valence-electron chi connectivity index (χ0n) is 17.3. The molecular weight excluding hydrogens is 396 g/mol. The van der Waals surface area contributed by atoms with Crippen LogP contribution in [0.25, 0.3) is 0 Å². The molecule has 0 fully saturated rings. The number of hydrogen-bond acceptors (Lipinski definition) is 5. The van der Waals surface area contributed by atoms with Crippen LogP contribution in [0.5, 0.6) is 5.75 Å². The minimum atomic E-state index is -2.58. The molecule has 7 nitrogen and oxygen atoms in total. The first kappa shape index (κ1) is 23.2. The number of nitrogens with zero attached hydrogens (tertiary/aromatic N) is 1. The van der Waals surface area contributed by atoms with Crippen LogP contribution in [0.4, 0.5) is 14.6 Å². The van der Waals surface area contributed by atoms with Gasteiger partial charge in [-0.25, -0.2) is 13.8 Å². The van der Waals surface area contributed by atoms with Gasteiger partial charge in [-0.3, -0.25) is 9.59 Å². The topological polar surface area (TPSA) is 101 Å². The Morgan fingerprint density at radius 1 is 1.23 bits per heavy atom. The number of rotatable bonds is 8. The van der Waals surface area contributed by atoms with Gasteiger partial charge in [0.05, 0.1) is 0 Å². The third-order valence-electron chi connectivity index (χ3n) is 4.21. The molecule has 1 aromatic heterocycles. The van der Waals surface area contributed by atoms with E-state index in [-0.39, 0.29) is 17.9 Å². The second-order valence-electron chi connectivity index (χ2n) is 7.32. The number of alkyl halides is 2. The molecule has 0 bridgehead atoms. The Kier molecular flexibility index (Phi) is 7.44. The van der Waals surface area contributed by atoms with E-state index in [1.807, 2.05) is 0 Å². The van der Waals surface area contributed by atoms with Crippen LogP contribution in [-0.2, 0) is 11.3 Å². The predicted octanol–water partition coefficient (Wildman–Crippen LogP) is 2.98. The van der Waals surface area contributed by atoms with Gasteiger partial charge in [0.15, 0.2) is 0 Å². The number of carbonyl (C=O) groups is 2. The Hall–Kier alpha value is -3.07. The second-order valence-corrected chi connectivity index (χ2v) is 7.32. The number of pyridine rings is 1. The molecule has 2 rings (SSSR count). The van der Waals surface area contributed by atoms with Crippen molar-refractivity contribution in [1.82, 2.24) is 10.3 Å². The molecular formula is C21H25F2N3O4. The lowest BCUT2D eigenvalue weighted by atomic mass is 10.1. The molecule has 0 saturated heterocycles. The highest BCUT2D eigenvalue weighted by Crippen LogP contribution is 2.22. The fraction of sp³-hybridized carbons (Fsp3) is 0.381. The van der Waals surface area contributed by atoms with Crippen molar-refractivity contribution in [3.8, 4) is 5.75 Å². The van der Waals surface area contributed by atoms with Gasteiger partial charge in [0, 0.05) is 17.8 Å². The monoisotopic (exact) mass is 421 g/mol. The summed E-state index contributed by atoms with van der Waals surface area (Å²) in [4.78, 5) is 28.7. The van der Waals surface area contributed by atoms with E-state index in [4.69, 9.17) is 4.74 Å². The molecule has 0 spiro atoms. The van der Waals surface area contributed by atoms with Crippen molar-refractivity contribution in [2.45, 2.75) is 46.3 Å². The number of ether oxygens (including phenoxy) is 1. The van der Waals surface area contributed by atoms with E-state index in [1.54, 1.807) is 38.1 Å². The van der Waals surface area contributed by atoms with Gasteiger partial charge in [-0.1, -0.05) is 12.1 Å². The first-order chi connectivity index (χ1) is 14.0. The maximum absolute atomic E-state index is 12.6. The number of halogens is 2. The van der Waals surface area contributed by atoms with Crippen LogP contribution in [0, 0.1) is 13.8 Å². The van der Waals surface area contributed by atoms with Crippen molar-refractivity contribution in [3.63, 3.8) is 0 Å². The maximum atomic E-state index is 12.6. The molecule has 2 aromatic rings. The van der Waals surface area contributed by atoms with Crippen LogP contribution in [0.1, 0.15) is 41.0 Å². The third-order valence-corrected chi connectivity index (χ3v) is 4.21. The van der Waals surface area contributed by atoms with E-state index in [1.165, 1.54) is 19.9 Å². The van der Waals surface area contributed by atoms with Crippen LogP contribution in [0.15, 0.2) is 30.3 Å². The van der Waals surface area contributed by atoms with Crippen molar-refractivity contribution >= 4 is 17.6 Å². The van der Waals surface area contributed by atoms with Gasteiger partial charge in [-0.2, -0.15) is 0 Å². The number of nitrogens with one attached hydrogen (secondary N) is 2. The van der Waals surface area contributed by atoms with Gasteiger partial charge in [0.1, 0.15) is 23.8 Å². The molecule has 0 aliphatic rings. The highest BCUT2D eigenvalue weighted by atomic mass is 19.3. The number of carbonyl (C=O) groups excluding carboxylic acids is 2. The second kappa shape index (κ2) is 9.62. The molecule has 3 N–H and O–H groups in total. The van der Waals surface area contributed by atoms with E-state index >= 15 is 0 Å². The summed E-state index contributed by atoms with van der Waals surface area (Å²) >= 11 is 0. The van der Waals surface area contributed by atoms with Crippen molar-refractivity contribution in [1.29, 1.82) is 0 Å². The molecule has 0 aliphatic heterocycles. The first-order valence-corrected chi connectivity index (χ1v) is 9.27.